The Labute approximate surface area is 60.8 Å². The summed E-state index contributed by atoms with van der Waals surface area (Å²) in [5.74, 6) is -0.291. The van der Waals surface area contributed by atoms with Crippen LogP contribution >= 0.6 is 0 Å². The highest BCUT2D eigenvalue weighted by atomic mass is 16.2. The van der Waals surface area contributed by atoms with Crippen LogP contribution in [-0.2, 0) is 9.59 Å². The first-order chi connectivity index (χ1) is 4.52. The monoisotopic (exact) mass is 143 g/mol. The van der Waals surface area contributed by atoms with Crippen LogP contribution in [0.15, 0.2) is 0 Å². The number of nitrogens with one attached hydrogen (secondary N) is 1. The van der Waals surface area contributed by atoms with Gasteiger partial charge < -0.3 is 5.32 Å². The van der Waals surface area contributed by atoms with Crippen LogP contribution in [0.25, 0.3) is 0 Å². The second kappa shape index (κ2) is 4.04. The van der Waals surface area contributed by atoms with Crippen LogP contribution in [-0.4, -0.2) is 17.7 Å². The van der Waals surface area contributed by atoms with Crippen LogP contribution in [0.4, 0.5) is 0 Å². The molecule has 0 aromatic heterocycles. The summed E-state index contributed by atoms with van der Waals surface area (Å²) < 4.78 is 0. The van der Waals surface area contributed by atoms with Gasteiger partial charge in [-0.3, -0.25) is 9.59 Å². The lowest BCUT2D eigenvalue weighted by Crippen LogP contribution is -2.31. The second-order valence-corrected chi connectivity index (χ2v) is 2.60. The van der Waals surface area contributed by atoms with E-state index in [2.05, 4.69) is 5.32 Å². The number of hydrogen-bond donors (Lipinski definition) is 1. The molecule has 0 fully saturated rings. The van der Waals surface area contributed by atoms with Crippen molar-refractivity contribution in [3.63, 3.8) is 0 Å². The summed E-state index contributed by atoms with van der Waals surface area (Å²) in [4.78, 5) is 21.1. The van der Waals surface area contributed by atoms with E-state index in [0.29, 0.717) is 0 Å². The first-order valence-electron chi connectivity index (χ1n) is 3.31. The van der Waals surface area contributed by atoms with Crippen molar-refractivity contribution in [2.45, 2.75) is 33.2 Å². The molecule has 0 heterocycles. The van der Waals surface area contributed by atoms with E-state index in [4.69, 9.17) is 0 Å². The minimum Gasteiger partial charge on any atom is -0.354 e. The zero-order valence-electron chi connectivity index (χ0n) is 6.60. The molecule has 0 rings (SSSR count). The van der Waals surface area contributed by atoms with E-state index in [1.165, 1.54) is 6.92 Å². The quantitative estimate of drug-likeness (QED) is 0.584. The highest BCUT2D eigenvalue weighted by Crippen LogP contribution is 1.84. The lowest BCUT2D eigenvalue weighted by molar-refractivity contribution is -0.127. The smallest absolute Gasteiger partial charge is 0.227 e. The zero-order valence-corrected chi connectivity index (χ0v) is 6.60. The summed E-state index contributed by atoms with van der Waals surface area (Å²) in [6, 6.07) is 0.117. The van der Waals surface area contributed by atoms with Gasteiger partial charge >= 0.3 is 0 Å². The van der Waals surface area contributed by atoms with E-state index in [1.807, 2.05) is 13.8 Å². The first-order valence-corrected chi connectivity index (χ1v) is 3.31. The Balaban J connectivity index is 3.54. The predicted molar refractivity (Wildman–Crippen MR) is 38.6 cm³/mol. The minimum absolute atomic E-state index is 0.00181. The molecule has 0 aliphatic carbocycles. The number of rotatable bonds is 3. The lowest BCUT2D eigenvalue weighted by atomic mass is 10.3. The molecule has 58 valence electrons. The van der Waals surface area contributed by atoms with Crippen LogP contribution in [0, 0.1) is 0 Å². The third-order valence-electron chi connectivity index (χ3n) is 0.859. The van der Waals surface area contributed by atoms with Gasteiger partial charge in [0.2, 0.25) is 5.91 Å². The second-order valence-electron chi connectivity index (χ2n) is 2.60. The predicted octanol–water partition coefficient (Wildman–Crippen LogP) is 0.490. The molecule has 0 bridgehead atoms. The molecule has 0 atom stereocenters. The van der Waals surface area contributed by atoms with Crippen molar-refractivity contribution >= 4 is 11.7 Å². The summed E-state index contributed by atoms with van der Waals surface area (Å²) in [6.07, 6.45) is -0.00181. The molecule has 0 radical (unpaired) electrons. The van der Waals surface area contributed by atoms with Crippen molar-refractivity contribution in [2.24, 2.45) is 0 Å². The van der Waals surface area contributed by atoms with Crippen molar-refractivity contribution in [1.82, 2.24) is 5.32 Å². The van der Waals surface area contributed by atoms with Crippen LogP contribution in [0.3, 0.4) is 0 Å². The fourth-order valence-electron chi connectivity index (χ4n) is 0.599. The number of carbonyl (C=O) groups excluding carboxylic acids is 2. The number of amides is 1. The van der Waals surface area contributed by atoms with Crippen molar-refractivity contribution in [3.05, 3.63) is 0 Å². The maximum Gasteiger partial charge on any atom is 0.227 e. The molecule has 3 nitrogen and oxygen atoms in total. The molecule has 1 N–H and O–H groups in total. The summed E-state index contributed by atoms with van der Waals surface area (Å²) in [6.45, 7) is 5.12. The van der Waals surface area contributed by atoms with Gasteiger partial charge in [-0.1, -0.05) is 0 Å². The molecule has 10 heavy (non-hydrogen) atoms. The van der Waals surface area contributed by atoms with Gasteiger partial charge in [0.15, 0.2) is 0 Å². The van der Waals surface area contributed by atoms with Gasteiger partial charge in [0.25, 0.3) is 0 Å². The molecule has 0 saturated carbocycles. The van der Waals surface area contributed by atoms with Gasteiger partial charge in [-0.15, -0.1) is 0 Å². The van der Waals surface area contributed by atoms with Gasteiger partial charge in [0.05, 0.1) is 6.42 Å². The first kappa shape index (κ1) is 9.14. The molecule has 0 aliphatic heterocycles. The molecule has 0 spiro atoms. The highest BCUT2D eigenvalue weighted by molar-refractivity contribution is 5.96. The topological polar surface area (TPSA) is 46.2 Å². The van der Waals surface area contributed by atoms with E-state index in [0.717, 1.165) is 0 Å². The molecular formula is C7H13NO2. The molecule has 0 unspecified atom stereocenters. The summed E-state index contributed by atoms with van der Waals surface area (Å²) in [5, 5.41) is 2.61. The van der Waals surface area contributed by atoms with Gasteiger partial charge in [0, 0.05) is 6.04 Å². The maximum absolute atomic E-state index is 10.7. The number of hydrogen-bond acceptors (Lipinski definition) is 2. The molecule has 1 amide bonds. The van der Waals surface area contributed by atoms with Crippen LogP contribution in [0.5, 0.6) is 0 Å². The standard InChI is InChI=1S/C7H13NO2/c1-5(2)8-7(10)4-6(3)9/h5H,4H2,1-3H3,(H,8,10). The van der Waals surface area contributed by atoms with Crippen molar-refractivity contribution in [2.75, 3.05) is 0 Å². The molecule has 0 saturated heterocycles. The maximum atomic E-state index is 10.7. The SMILES string of the molecule is CC(=O)CC(=O)NC(C)C. The third-order valence-corrected chi connectivity index (χ3v) is 0.859. The molecule has 3 heteroatoms. The van der Waals surface area contributed by atoms with Crippen molar-refractivity contribution in [1.29, 1.82) is 0 Å². The molecular weight excluding hydrogens is 130 g/mol. The zero-order chi connectivity index (χ0) is 8.15. The summed E-state index contributed by atoms with van der Waals surface area (Å²) in [5.41, 5.74) is 0. The Hall–Kier alpha value is -0.860. The summed E-state index contributed by atoms with van der Waals surface area (Å²) >= 11 is 0. The normalized spacial score (nSPS) is 9.60. The van der Waals surface area contributed by atoms with E-state index in [1.54, 1.807) is 0 Å². The average molecular weight is 143 g/mol. The van der Waals surface area contributed by atoms with Crippen LogP contribution in [0.2, 0.25) is 0 Å². The van der Waals surface area contributed by atoms with Gasteiger partial charge in [-0.25, -0.2) is 0 Å². The Kier molecular flexibility index (Phi) is 3.69. The Morgan fingerprint density at radius 2 is 1.90 bits per heavy atom. The van der Waals surface area contributed by atoms with Gasteiger partial charge in [-0.05, 0) is 20.8 Å². The van der Waals surface area contributed by atoms with Crippen molar-refractivity contribution < 1.29 is 9.59 Å². The fourth-order valence-corrected chi connectivity index (χ4v) is 0.599. The average Bonchev–Trinajstić information content (AvgIpc) is 1.58. The van der Waals surface area contributed by atoms with Crippen molar-refractivity contribution in [3.8, 4) is 0 Å². The number of carbonyl (C=O) groups is 2. The van der Waals surface area contributed by atoms with Gasteiger partial charge in [0.1, 0.15) is 5.78 Å². The Bertz CT molecular complexity index is 141. The van der Waals surface area contributed by atoms with E-state index in [9.17, 15) is 9.59 Å². The van der Waals surface area contributed by atoms with E-state index < -0.39 is 0 Å². The van der Waals surface area contributed by atoms with Gasteiger partial charge in [-0.2, -0.15) is 0 Å². The molecule has 0 aromatic rings. The molecule has 0 aromatic carbocycles. The Morgan fingerprint density at radius 3 is 2.20 bits per heavy atom. The Morgan fingerprint density at radius 1 is 1.40 bits per heavy atom. The largest absolute Gasteiger partial charge is 0.354 e. The fraction of sp³-hybridized carbons (Fsp3) is 0.714. The number of Topliss-reactive ketones (excluding diaryl/α,β-unsaturated/α-hetero) is 1. The van der Waals surface area contributed by atoms with E-state index in [-0.39, 0.29) is 24.2 Å². The van der Waals surface area contributed by atoms with Crippen LogP contribution in [0.1, 0.15) is 27.2 Å². The third kappa shape index (κ3) is 5.28. The summed E-state index contributed by atoms with van der Waals surface area (Å²) in [7, 11) is 0. The van der Waals surface area contributed by atoms with Crippen LogP contribution < -0.4 is 5.32 Å². The van der Waals surface area contributed by atoms with E-state index >= 15 is 0 Å². The minimum atomic E-state index is -0.192. The lowest BCUT2D eigenvalue weighted by Gasteiger charge is -2.05. The number of ketones is 1. The molecule has 0 aliphatic rings. The highest BCUT2D eigenvalue weighted by Gasteiger charge is 2.04.